The maximum absolute atomic E-state index is 6.08. The molecule has 6 heteroatoms. The summed E-state index contributed by atoms with van der Waals surface area (Å²) in [5.41, 5.74) is 19.2. The number of hydrogen-bond donors (Lipinski definition) is 3. The van der Waals surface area contributed by atoms with Gasteiger partial charge in [-0.05, 0) is 43.7 Å². The Morgan fingerprint density at radius 2 is 1.83 bits per heavy atom. The van der Waals surface area contributed by atoms with Gasteiger partial charge in [0.25, 0.3) is 0 Å². The van der Waals surface area contributed by atoms with Crippen molar-refractivity contribution in [1.82, 2.24) is 9.78 Å². The number of rotatable bonds is 4. The summed E-state index contributed by atoms with van der Waals surface area (Å²) in [6.45, 7) is 0.613. The highest BCUT2D eigenvalue weighted by molar-refractivity contribution is 9.10. The lowest BCUT2D eigenvalue weighted by Gasteiger charge is -2.04. The van der Waals surface area contributed by atoms with Gasteiger partial charge >= 0.3 is 0 Å². The molecule has 0 unspecified atom stereocenters. The van der Waals surface area contributed by atoms with Crippen molar-refractivity contribution in [1.29, 1.82) is 0 Å². The van der Waals surface area contributed by atoms with Gasteiger partial charge in [0, 0.05) is 10.0 Å². The Labute approximate surface area is 114 Å². The lowest BCUT2D eigenvalue weighted by molar-refractivity contribution is 0.835. The van der Waals surface area contributed by atoms with Gasteiger partial charge in [0.05, 0.1) is 5.69 Å². The van der Waals surface area contributed by atoms with E-state index in [1.165, 1.54) is 0 Å². The number of aromatic nitrogens is 2. The SMILES string of the molecule is NCCCc1c(N)nn(-c2ccc(Br)cc2)c1N. The molecule has 0 aliphatic carbocycles. The zero-order valence-electron chi connectivity index (χ0n) is 9.94. The van der Waals surface area contributed by atoms with Crippen LogP contribution in [0.5, 0.6) is 0 Å². The second-order valence-corrected chi connectivity index (χ2v) is 4.95. The van der Waals surface area contributed by atoms with Crippen LogP contribution in [-0.2, 0) is 6.42 Å². The van der Waals surface area contributed by atoms with E-state index in [1.54, 1.807) is 4.68 Å². The number of nitrogens with two attached hydrogens (primary N) is 3. The van der Waals surface area contributed by atoms with Crippen molar-refractivity contribution < 1.29 is 0 Å². The first-order valence-corrected chi connectivity index (χ1v) is 6.51. The largest absolute Gasteiger partial charge is 0.383 e. The van der Waals surface area contributed by atoms with E-state index in [2.05, 4.69) is 21.0 Å². The fraction of sp³-hybridized carbons (Fsp3) is 0.250. The van der Waals surface area contributed by atoms with Crippen LogP contribution in [0.4, 0.5) is 11.6 Å². The predicted molar refractivity (Wildman–Crippen MR) is 77.5 cm³/mol. The Morgan fingerprint density at radius 3 is 2.44 bits per heavy atom. The fourth-order valence-corrected chi connectivity index (χ4v) is 2.06. The number of benzene rings is 1. The van der Waals surface area contributed by atoms with Crippen LogP contribution in [0.15, 0.2) is 28.7 Å². The summed E-state index contributed by atoms with van der Waals surface area (Å²) in [5, 5.41) is 4.28. The smallest absolute Gasteiger partial charge is 0.151 e. The van der Waals surface area contributed by atoms with Crippen LogP contribution in [0.1, 0.15) is 12.0 Å². The van der Waals surface area contributed by atoms with Gasteiger partial charge in [-0.3, -0.25) is 0 Å². The van der Waals surface area contributed by atoms with Gasteiger partial charge in [-0.15, -0.1) is 5.10 Å². The second kappa shape index (κ2) is 5.41. The number of hydrogen-bond acceptors (Lipinski definition) is 4. The van der Waals surface area contributed by atoms with Gasteiger partial charge < -0.3 is 17.2 Å². The summed E-state index contributed by atoms with van der Waals surface area (Å²) < 4.78 is 2.67. The van der Waals surface area contributed by atoms with Gasteiger partial charge in [0.1, 0.15) is 5.82 Å². The highest BCUT2D eigenvalue weighted by Crippen LogP contribution is 2.24. The van der Waals surface area contributed by atoms with Crippen molar-refractivity contribution in [2.45, 2.75) is 12.8 Å². The molecule has 5 nitrogen and oxygen atoms in total. The van der Waals surface area contributed by atoms with Crippen molar-refractivity contribution in [2.24, 2.45) is 5.73 Å². The van der Waals surface area contributed by atoms with Crippen molar-refractivity contribution in [3.05, 3.63) is 34.3 Å². The van der Waals surface area contributed by atoms with E-state index in [0.29, 0.717) is 18.2 Å². The average Bonchev–Trinajstić information content (AvgIpc) is 2.64. The summed E-state index contributed by atoms with van der Waals surface area (Å²) in [5.74, 6) is 1.06. The first kappa shape index (κ1) is 12.9. The van der Waals surface area contributed by atoms with E-state index >= 15 is 0 Å². The number of nitrogen functional groups attached to an aromatic ring is 2. The molecule has 0 saturated heterocycles. The van der Waals surface area contributed by atoms with Crippen molar-refractivity contribution in [2.75, 3.05) is 18.0 Å². The molecule has 0 radical (unpaired) electrons. The molecule has 1 aromatic heterocycles. The molecule has 0 amide bonds. The minimum Gasteiger partial charge on any atom is -0.383 e. The lowest BCUT2D eigenvalue weighted by atomic mass is 10.1. The van der Waals surface area contributed by atoms with Gasteiger partial charge in [0.15, 0.2) is 5.82 Å². The van der Waals surface area contributed by atoms with E-state index in [1.807, 2.05) is 24.3 Å². The van der Waals surface area contributed by atoms with Crippen molar-refractivity contribution in [3.63, 3.8) is 0 Å². The summed E-state index contributed by atoms with van der Waals surface area (Å²) in [7, 11) is 0. The Balaban J connectivity index is 2.37. The summed E-state index contributed by atoms with van der Waals surface area (Å²) in [6.07, 6.45) is 1.60. The van der Waals surface area contributed by atoms with E-state index < -0.39 is 0 Å². The molecular formula is C12H16BrN5. The molecule has 0 bridgehead atoms. The van der Waals surface area contributed by atoms with Gasteiger partial charge in [0.2, 0.25) is 0 Å². The molecule has 6 N–H and O–H groups in total. The van der Waals surface area contributed by atoms with E-state index in [9.17, 15) is 0 Å². The summed E-state index contributed by atoms with van der Waals surface area (Å²) in [6, 6.07) is 7.73. The maximum Gasteiger partial charge on any atom is 0.151 e. The van der Waals surface area contributed by atoms with Crippen molar-refractivity contribution >= 4 is 27.6 Å². The summed E-state index contributed by atoms with van der Waals surface area (Å²) >= 11 is 3.39. The molecule has 0 atom stereocenters. The van der Waals surface area contributed by atoms with Crippen LogP contribution in [0.25, 0.3) is 5.69 Å². The zero-order chi connectivity index (χ0) is 13.1. The molecule has 2 rings (SSSR count). The first-order chi connectivity index (χ1) is 8.63. The Morgan fingerprint density at radius 1 is 1.17 bits per heavy atom. The molecule has 0 saturated carbocycles. The van der Waals surface area contributed by atoms with Gasteiger partial charge in [-0.25, -0.2) is 4.68 Å². The molecular weight excluding hydrogens is 294 g/mol. The standard InChI is InChI=1S/C12H16BrN5/c13-8-3-5-9(6-4-8)18-12(16)10(2-1-7-14)11(15)17-18/h3-6H,1-2,7,14,16H2,(H2,15,17). The Hall–Kier alpha value is -1.53. The molecule has 0 aliphatic heterocycles. The highest BCUT2D eigenvalue weighted by atomic mass is 79.9. The minimum atomic E-state index is 0.476. The monoisotopic (exact) mass is 309 g/mol. The molecule has 18 heavy (non-hydrogen) atoms. The van der Waals surface area contributed by atoms with E-state index in [4.69, 9.17) is 17.2 Å². The topological polar surface area (TPSA) is 95.9 Å². The normalized spacial score (nSPS) is 10.8. The van der Waals surface area contributed by atoms with Gasteiger partial charge in [-0.1, -0.05) is 15.9 Å². The third-order valence-electron chi connectivity index (χ3n) is 2.76. The average molecular weight is 310 g/mol. The number of anilines is 2. The summed E-state index contributed by atoms with van der Waals surface area (Å²) in [4.78, 5) is 0. The van der Waals surface area contributed by atoms with Crippen LogP contribution in [-0.4, -0.2) is 16.3 Å². The Bertz CT molecular complexity index is 532. The quantitative estimate of drug-likeness (QED) is 0.800. The van der Waals surface area contributed by atoms with Crippen LogP contribution < -0.4 is 17.2 Å². The van der Waals surface area contributed by atoms with Gasteiger partial charge in [-0.2, -0.15) is 0 Å². The molecule has 96 valence electrons. The second-order valence-electron chi connectivity index (χ2n) is 4.03. The Kier molecular flexibility index (Phi) is 3.88. The van der Waals surface area contributed by atoms with Crippen LogP contribution in [0, 0.1) is 0 Å². The third-order valence-corrected chi connectivity index (χ3v) is 3.29. The molecule has 0 aliphatic rings. The predicted octanol–water partition coefficient (Wildman–Crippen LogP) is 1.69. The molecule has 0 spiro atoms. The maximum atomic E-state index is 6.08. The highest BCUT2D eigenvalue weighted by Gasteiger charge is 2.13. The van der Waals surface area contributed by atoms with E-state index in [0.717, 1.165) is 28.6 Å². The van der Waals surface area contributed by atoms with Crippen LogP contribution in [0.3, 0.4) is 0 Å². The van der Waals surface area contributed by atoms with Crippen molar-refractivity contribution in [3.8, 4) is 5.69 Å². The molecule has 2 aromatic rings. The fourth-order valence-electron chi connectivity index (χ4n) is 1.80. The number of halogens is 1. The molecule has 0 fully saturated rings. The third kappa shape index (κ3) is 2.49. The molecule has 1 aromatic carbocycles. The zero-order valence-corrected chi connectivity index (χ0v) is 11.5. The number of nitrogens with zero attached hydrogens (tertiary/aromatic N) is 2. The van der Waals surface area contributed by atoms with Crippen LogP contribution in [0.2, 0.25) is 0 Å². The molecule has 1 heterocycles. The van der Waals surface area contributed by atoms with Crippen LogP contribution >= 0.6 is 15.9 Å². The first-order valence-electron chi connectivity index (χ1n) is 5.72. The lowest BCUT2D eigenvalue weighted by Crippen LogP contribution is -2.05. The van der Waals surface area contributed by atoms with E-state index in [-0.39, 0.29) is 0 Å². The minimum absolute atomic E-state index is 0.476.